The van der Waals surface area contributed by atoms with Crippen LogP contribution in [-0.4, -0.2) is 19.0 Å². The van der Waals surface area contributed by atoms with E-state index in [0.29, 0.717) is 26.2 Å². The zero-order valence-corrected chi connectivity index (χ0v) is 14.4. The Balaban J connectivity index is 2.36. The van der Waals surface area contributed by atoms with E-state index < -0.39 is 11.9 Å². The normalized spacial score (nSPS) is 10.4. The average molecular weight is 358 g/mol. The van der Waals surface area contributed by atoms with Crippen LogP contribution in [0.5, 0.6) is 0 Å². The van der Waals surface area contributed by atoms with E-state index in [2.05, 4.69) is 5.32 Å². The molecule has 22 heavy (non-hydrogen) atoms. The van der Waals surface area contributed by atoms with Crippen molar-refractivity contribution < 1.29 is 14.3 Å². The van der Waals surface area contributed by atoms with Gasteiger partial charge in [0.05, 0.1) is 12.7 Å². The maximum absolute atomic E-state index is 12.3. The summed E-state index contributed by atoms with van der Waals surface area (Å²) in [6, 6.07) is 4.56. The molecule has 0 aliphatic heterocycles. The molecule has 4 nitrogen and oxygen atoms in total. The van der Waals surface area contributed by atoms with Gasteiger partial charge in [0.2, 0.25) is 0 Å². The first-order valence-electron chi connectivity index (χ1n) is 6.29. The Morgan fingerprint density at radius 1 is 1.14 bits per heavy atom. The smallest absolute Gasteiger partial charge is 0.341 e. The zero-order valence-electron chi connectivity index (χ0n) is 12.1. The van der Waals surface area contributed by atoms with Crippen LogP contribution in [-0.2, 0) is 4.74 Å². The lowest BCUT2D eigenvalue weighted by atomic mass is 10.1. The summed E-state index contributed by atoms with van der Waals surface area (Å²) < 4.78 is 4.77. The third-order valence-electron chi connectivity index (χ3n) is 3.13. The molecule has 1 heterocycles. The van der Waals surface area contributed by atoms with E-state index in [9.17, 15) is 9.59 Å². The largest absolute Gasteiger partial charge is 0.465 e. The minimum Gasteiger partial charge on any atom is -0.465 e. The molecule has 2 rings (SSSR count). The molecule has 0 saturated carbocycles. The van der Waals surface area contributed by atoms with Gasteiger partial charge in [0, 0.05) is 20.5 Å². The van der Waals surface area contributed by atoms with Crippen molar-refractivity contribution >= 4 is 51.4 Å². The Hall–Kier alpha value is -1.56. The number of aryl methyl sites for hydroxylation is 1. The van der Waals surface area contributed by atoms with Crippen LogP contribution >= 0.6 is 34.5 Å². The van der Waals surface area contributed by atoms with Gasteiger partial charge in [-0.1, -0.05) is 23.2 Å². The minimum absolute atomic E-state index is 0.317. The molecule has 0 fully saturated rings. The molecule has 0 aliphatic rings. The Morgan fingerprint density at radius 2 is 1.73 bits per heavy atom. The molecular weight excluding hydrogens is 345 g/mol. The van der Waals surface area contributed by atoms with E-state index in [4.69, 9.17) is 27.9 Å². The lowest BCUT2D eigenvalue weighted by Gasteiger charge is -2.07. The number of amides is 1. The molecular formula is C15H13Cl2NO3S. The third-order valence-corrected chi connectivity index (χ3v) is 4.69. The van der Waals surface area contributed by atoms with Crippen molar-refractivity contribution in [2.45, 2.75) is 13.8 Å². The fourth-order valence-corrected chi connectivity index (χ4v) is 3.49. The van der Waals surface area contributed by atoms with Crippen LogP contribution in [0.15, 0.2) is 18.2 Å². The number of carbonyl (C=O) groups excluding carboxylic acids is 2. The van der Waals surface area contributed by atoms with E-state index in [1.54, 1.807) is 6.07 Å². The molecule has 0 spiro atoms. The molecule has 0 radical (unpaired) electrons. The van der Waals surface area contributed by atoms with E-state index in [1.165, 1.54) is 30.6 Å². The van der Waals surface area contributed by atoms with Gasteiger partial charge in [-0.2, -0.15) is 0 Å². The summed E-state index contributed by atoms with van der Waals surface area (Å²) >= 11 is 13.1. The summed E-state index contributed by atoms with van der Waals surface area (Å²) in [7, 11) is 1.30. The summed E-state index contributed by atoms with van der Waals surface area (Å²) in [4.78, 5) is 25.1. The number of benzene rings is 1. The van der Waals surface area contributed by atoms with E-state index in [1.807, 2.05) is 13.8 Å². The van der Waals surface area contributed by atoms with Crippen LogP contribution in [0.25, 0.3) is 0 Å². The Morgan fingerprint density at radius 3 is 2.27 bits per heavy atom. The predicted octanol–water partition coefficient (Wildman–Crippen LogP) is 4.71. The van der Waals surface area contributed by atoms with Crippen molar-refractivity contribution in [3.05, 3.63) is 49.8 Å². The number of nitrogens with one attached hydrogen (secondary N) is 1. The molecule has 1 amide bonds. The number of thiophene rings is 1. The third kappa shape index (κ3) is 3.43. The molecule has 0 aliphatic carbocycles. The Labute approximate surface area is 142 Å². The van der Waals surface area contributed by atoms with Crippen molar-refractivity contribution in [1.82, 2.24) is 0 Å². The second-order valence-corrected chi connectivity index (χ2v) is 6.69. The van der Waals surface area contributed by atoms with Gasteiger partial charge >= 0.3 is 5.97 Å². The Kier molecular flexibility index (Phi) is 5.11. The van der Waals surface area contributed by atoms with E-state index in [-0.39, 0.29) is 0 Å². The van der Waals surface area contributed by atoms with Crippen LogP contribution in [0.3, 0.4) is 0 Å². The highest BCUT2D eigenvalue weighted by molar-refractivity contribution is 7.16. The fraction of sp³-hybridized carbons (Fsp3) is 0.200. The number of methoxy groups -OCH3 is 1. The van der Waals surface area contributed by atoms with E-state index >= 15 is 0 Å². The van der Waals surface area contributed by atoms with Gasteiger partial charge in [-0.15, -0.1) is 11.3 Å². The number of hydrogen-bond donors (Lipinski definition) is 1. The number of rotatable bonds is 3. The summed E-state index contributed by atoms with van der Waals surface area (Å²) in [5.41, 5.74) is 1.47. The van der Waals surface area contributed by atoms with Crippen molar-refractivity contribution in [3.63, 3.8) is 0 Å². The first-order valence-corrected chi connectivity index (χ1v) is 7.86. The van der Waals surface area contributed by atoms with Crippen molar-refractivity contribution in [2.75, 3.05) is 12.4 Å². The fourth-order valence-electron chi connectivity index (χ4n) is 1.92. The van der Waals surface area contributed by atoms with Crippen molar-refractivity contribution in [3.8, 4) is 0 Å². The quantitative estimate of drug-likeness (QED) is 0.809. The van der Waals surface area contributed by atoms with Crippen LogP contribution in [0.1, 0.15) is 31.2 Å². The first-order chi connectivity index (χ1) is 10.3. The highest BCUT2D eigenvalue weighted by Crippen LogP contribution is 2.33. The van der Waals surface area contributed by atoms with Gasteiger partial charge in [-0.25, -0.2) is 4.79 Å². The number of anilines is 1. The predicted molar refractivity (Wildman–Crippen MR) is 89.5 cm³/mol. The number of ether oxygens (including phenoxy) is 1. The first kappa shape index (κ1) is 16.8. The number of carbonyl (C=O) groups is 2. The summed E-state index contributed by atoms with van der Waals surface area (Å²) in [5.74, 6) is -0.878. The van der Waals surface area contributed by atoms with Gasteiger partial charge in [-0.05, 0) is 37.6 Å². The SMILES string of the molecule is COC(=O)c1c(NC(=O)c2cc(Cl)cc(Cl)c2)sc(C)c1C. The second-order valence-electron chi connectivity index (χ2n) is 4.59. The molecule has 0 saturated heterocycles. The lowest BCUT2D eigenvalue weighted by Crippen LogP contribution is -2.14. The van der Waals surface area contributed by atoms with Crippen LogP contribution in [0.4, 0.5) is 5.00 Å². The van der Waals surface area contributed by atoms with Crippen molar-refractivity contribution in [1.29, 1.82) is 0 Å². The molecule has 1 aromatic heterocycles. The molecule has 2 aromatic rings. The molecule has 0 unspecified atom stereocenters. The van der Waals surface area contributed by atoms with Crippen molar-refractivity contribution in [2.24, 2.45) is 0 Å². The van der Waals surface area contributed by atoms with Gasteiger partial charge in [0.1, 0.15) is 5.00 Å². The topological polar surface area (TPSA) is 55.4 Å². The molecule has 1 aromatic carbocycles. The molecule has 7 heteroatoms. The molecule has 0 atom stereocenters. The average Bonchev–Trinajstić information content (AvgIpc) is 2.72. The monoisotopic (exact) mass is 357 g/mol. The van der Waals surface area contributed by atoms with Crippen LogP contribution < -0.4 is 5.32 Å². The highest BCUT2D eigenvalue weighted by Gasteiger charge is 2.22. The Bertz CT molecular complexity index is 735. The maximum atomic E-state index is 12.3. The summed E-state index contributed by atoms with van der Waals surface area (Å²) in [6.45, 7) is 3.68. The second kappa shape index (κ2) is 6.69. The minimum atomic E-state index is -0.485. The zero-order chi connectivity index (χ0) is 16.4. The standard InChI is InChI=1S/C15H13Cl2NO3S/c1-7-8(2)22-14(12(7)15(20)21-3)18-13(19)9-4-10(16)6-11(17)5-9/h4-6H,1-3H3,(H,18,19). The van der Waals surface area contributed by atoms with Crippen LogP contribution in [0.2, 0.25) is 10.0 Å². The molecule has 0 bridgehead atoms. The van der Waals surface area contributed by atoms with Gasteiger partial charge in [0.25, 0.3) is 5.91 Å². The van der Waals surface area contributed by atoms with Gasteiger partial charge in [0.15, 0.2) is 0 Å². The van der Waals surface area contributed by atoms with Crippen LogP contribution in [0, 0.1) is 13.8 Å². The number of esters is 1. The molecule has 1 N–H and O–H groups in total. The number of halogens is 2. The van der Waals surface area contributed by atoms with E-state index in [0.717, 1.165) is 10.4 Å². The summed E-state index contributed by atoms with van der Waals surface area (Å²) in [6.07, 6.45) is 0. The van der Waals surface area contributed by atoms with Gasteiger partial charge < -0.3 is 10.1 Å². The lowest BCUT2D eigenvalue weighted by molar-refractivity contribution is 0.0601. The number of hydrogen-bond acceptors (Lipinski definition) is 4. The highest BCUT2D eigenvalue weighted by atomic mass is 35.5. The molecule has 116 valence electrons. The maximum Gasteiger partial charge on any atom is 0.341 e. The van der Waals surface area contributed by atoms with Gasteiger partial charge in [-0.3, -0.25) is 4.79 Å². The summed E-state index contributed by atoms with van der Waals surface area (Å²) in [5, 5.41) is 3.90.